The highest BCUT2D eigenvalue weighted by atomic mass is 28.3. The molecule has 3 nitrogen and oxygen atoms in total. The first-order valence-electron chi connectivity index (χ1n) is 10.1. The van der Waals surface area contributed by atoms with Crippen LogP contribution in [0.25, 0.3) is 5.57 Å². The van der Waals surface area contributed by atoms with E-state index in [0.717, 1.165) is 5.69 Å². The summed E-state index contributed by atoms with van der Waals surface area (Å²) in [5, 5.41) is 3.00. The zero-order valence-corrected chi connectivity index (χ0v) is 19.2. The second-order valence-corrected chi connectivity index (χ2v) is 13.2. The highest BCUT2D eigenvalue weighted by Crippen LogP contribution is 2.41. The molecule has 1 heterocycles. The van der Waals surface area contributed by atoms with Crippen LogP contribution in [-0.4, -0.2) is 46.6 Å². The van der Waals surface area contributed by atoms with Crippen LogP contribution in [0.2, 0.25) is 13.1 Å². The number of nitrogen functional groups attached to an aromatic ring is 1. The van der Waals surface area contributed by atoms with Crippen molar-refractivity contribution in [2.75, 3.05) is 38.8 Å². The summed E-state index contributed by atoms with van der Waals surface area (Å²) in [6.07, 6.45) is 6.96. The molecule has 1 aliphatic heterocycles. The predicted octanol–water partition coefficient (Wildman–Crippen LogP) is 3.81. The van der Waals surface area contributed by atoms with Crippen molar-refractivity contribution in [2.24, 2.45) is 0 Å². The summed E-state index contributed by atoms with van der Waals surface area (Å²) in [6, 6.07) is 15.3. The molecule has 0 aromatic heterocycles. The van der Waals surface area contributed by atoms with Gasteiger partial charge in [0.25, 0.3) is 0 Å². The number of anilines is 2. The minimum absolute atomic E-state index is 0.797. The number of nitrogens with two attached hydrogens (primary N) is 1. The Kier molecular flexibility index (Phi) is 4.62. The van der Waals surface area contributed by atoms with Gasteiger partial charge in [-0.1, -0.05) is 31.3 Å². The molecule has 0 saturated carbocycles. The quantitative estimate of drug-likeness (QED) is 0.472. The summed E-state index contributed by atoms with van der Waals surface area (Å²) < 4.78 is 2.19. The van der Waals surface area contributed by atoms with Crippen molar-refractivity contribution >= 4 is 35.9 Å². The van der Waals surface area contributed by atoms with Crippen molar-refractivity contribution in [3.63, 3.8) is 0 Å². The fourth-order valence-electron chi connectivity index (χ4n) is 4.34. The van der Waals surface area contributed by atoms with Crippen LogP contribution in [-0.2, 0) is 0 Å². The van der Waals surface area contributed by atoms with Gasteiger partial charge in [-0.15, -0.1) is 0 Å². The van der Waals surface area contributed by atoms with E-state index in [4.69, 9.17) is 5.73 Å². The molecule has 148 valence electrons. The number of rotatable bonds is 2. The normalized spacial score (nSPS) is 16.9. The van der Waals surface area contributed by atoms with Gasteiger partial charge in [0.1, 0.15) is 22.2 Å². The summed E-state index contributed by atoms with van der Waals surface area (Å²) in [5.41, 5.74) is 14.6. The van der Waals surface area contributed by atoms with E-state index in [9.17, 15) is 0 Å². The number of allylic oxidation sites excluding steroid dienone is 5. The van der Waals surface area contributed by atoms with E-state index in [0.29, 0.717) is 0 Å². The topological polar surface area (TPSA) is 32.3 Å². The summed E-state index contributed by atoms with van der Waals surface area (Å²) in [5.74, 6) is 0. The molecule has 2 aliphatic rings. The highest BCUT2D eigenvalue weighted by Gasteiger charge is 2.40. The lowest BCUT2D eigenvalue weighted by Gasteiger charge is -2.38. The first-order chi connectivity index (χ1) is 13.7. The Bertz CT molecular complexity index is 1110. The predicted molar refractivity (Wildman–Crippen MR) is 129 cm³/mol. The van der Waals surface area contributed by atoms with Crippen molar-refractivity contribution in [1.29, 1.82) is 0 Å². The molecule has 0 radical (unpaired) electrons. The molecule has 2 aromatic rings. The largest absolute Gasteiger partial charge is 0.399 e. The number of hydrogen-bond acceptors (Lipinski definition) is 2. The third-order valence-electron chi connectivity index (χ3n) is 6.12. The number of hydrogen-bond donors (Lipinski definition) is 1. The molecule has 0 saturated heterocycles. The average Bonchev–Trinajstić information content (AvgIpc) is 2.69. The summed E-state index contributed by atoms with van der Waals surface area (Å²) in [4.78, 5) is 2.19. The molecule has 2 N–H and O–H groups in total. The summed E-state index contributed by atoms with van der Waals surface area (Å²) in [6.45, 7) is 4.95. The van der Waals surface area contributed by atoms with Gasteiger partial charge in [0.2, 0.25) is 0 Å². The minimum atomic E-state index is -1.87. The Balaban J connectivity index is 2.07. The maximum absolute atomic E-state index is 5.98. The van der Waals surface area contributed by atoms with Gasteiger partial charge in [-0.25, -0.2) is 4.58 Å². The molecule has 1 aliphatic carbocycles. The van der Waals surface area contributed by atoms with Crippen LogP contribution in [0.3, 0.4) is 0 Å². The molecule has 0 unspecified atom stereocenters. The molecule has 29 heavy (non-hydrogen) atoms. The van der Waals surface area contributed by atoms with Gasteiger partial charge in [0.15, 0.2) is 5.71 Å². The maximum atomic E-state index is 5.98. The molecule has 2 aromatic carbocycles. The van der Waals surface area contributed by atoms with Gasteiger partial charge < -0.3 is 10.6 Å². The summed E-state index contributed by atoms with van der Waals surface area (Å²) in [7, 11) is 6.58. The molecular weight excluding hydrogens is 370 g/mol. The van der Waals surface area contributed by atoms with E-state index < -0.39 is 8.07 Å². The molecule has 0 amide bonds. The maximum Gasteiger partial charge on any atom is 0.199 e. The Morgan fingerprint density at radius 3 is 2.24 bits per heavy atom. The van der Waals surface area contributed by atoms with Gasteiger partial charge in [-0.05, 0) is 63.0 Å². The zero-order chi connectivity index (χ0) is 20.9. The van der Waals surface area contributed by atoms with E-state index in [-0.39, 0.29) is 0 Å². The van der Waals surface area contributed by atoms with Crippen LogP contribution in [0.15, 0.2) is 71.5 Å². The summed E-state index contributed by atoms with van der Waals surface area (Å²) >= 11 is 0. The standard InChI is InChI=1S/C25H29N3Si/c1-27(2)19-11-13-21-23(15-19)29(5,6)24-16-20(28(3)4)12-14-22(24)25(21)17-7-9-18(26)10-8-17/h7-16,26H,1-6H3/p+1. The number of benzene rings is 2. The molecule has 0 spiro atoms. The lowest BCUT2D eigenvalue weighted by atomic mass is 9.89. The minimum Gasteiger partial charge on any atom is -0.399 e. The zero-order valence-electron chi connectivity index (χ0n) is 18.2. The van der Waals surface area contributed by atoms with Crippen LogP contribution in [0.5, 0.6) is 0 Å². The van der Waals surface area contributed by atoms with E-state index in [2.05, 4.69) is 99.3 Å². The second-order valence-electron chi connectivity index (χ2n) is 8.87. The Morgan fingerprint density at radius 2 is 1.62 bits per heavy atom. The lowest BCUT2D eigenvalue weighted by Crippen LogP contribution is -2.49. The first-order valence-corrected chi connectivity index (χ1v) is 13.1. The van der Waals surface area contributed by atoms with Crippen LogP contribution in [0.4, 0.5) is 11.4 Å². The van der Waals surface area contributed by atoms with Gasteiger partial charge in [-0.2, -0.15) is 0 Å². The van der Waals surface area contributed by atoms with Crippen LogP contribution in [0.1, 0.15) is 11.1 Å². The van der Waals surface area contributed by atoms with Crippen LogP contribution < -0.4 is 15.8 Å². The van der Waals surface area contributed by atoms with Crippen LogP contribution in [0, 0.1) is 0 Å². The van der Waals surface area contributed by atoms with Crippen LogP contribution >= 0.6 is 0 Å². The van der Waals surface area contributed by atoms with Crippen molar-refractivity contribution in [2.45, 2.75) is 13.1 Å². The highest BCUT2D eigenvalue weighted by molar-refractivity contribution is 6.98. The number of fused-ring (bicyclic) bond motifs is 2. The van der Waals surface area contributed by atoms with Gasteiger partial charge >= 0.3 is 0 Å². The van der Waals surface area contributed by atoms with Crippen molar-refractivity contribution in [3.8, 4) is 0 Å². The van der Waals surface area contributed by atoms with Crippen molar-refractivity contribution < 1.29 is 4.58 Å². The molecule has 0 bridgehead atoms. The Morgan fingerprint density at radius 1 is 0.931 bits per heavy atom. The number of nitrogens with zero attached hydrogens (tertiary/aromatic N) is 2. The first kappa shape index (κ1) is 19.5. The molecular formula is C25H30N3Si+. The lowest BCUT2D eigenvalue weighted by molar-refractivity contribution is -0.462. The third-order valence-corrected chi connectivity index (χ3v) is 9.64. The van der Waals surface area contributed by atoms with Crippen molar-refractivity contribution in [3.05, 3.63) is 82.6 Å². The van der Waals surface area contributed by atoms with Crippen molar-refractivity contribution in [1.82, 2.24) is 0 Å². The SMILES string of the molecule is CN(C)c1ccc2c(c1)[Si](C)(C)C1=CC(=[N+](C)C)C=CC1=C2c1ccc(N)cc1. The fourth-order valence-corrected chi connectivity index (χ4v) is 7.41. The van der Waals surface area contributed by atoms with Gasteiger partial charge in [0, 0.05) is 37.6 Å². The molecule has 0 atom stereocenters. The smallest absolute Gasteiger partial charge is 0.199 e. The second kappa shape index (κ2) is 6.89. The van der Waals surface area contributed by atoms with E-state index in [1.807, 2.05) is 12.1 Å². The monoisotopic (exact) mass is 400 g/mol. The molecule has 4 heteroatoms. The molecule has 4 rings (SSSR count). The Labute approximate surface area is 175 Å². The average molecular weight is 401 g/mol. The van der Waals surface area contributed by atoms with Gasteiger partial charge in [-0.3, -0.25) is 0 Å². The fraction of sp³-hybridized carbons (Fsp3) is 0.240. The Hall–Kier alpha value is -2.85. The van der Waals surface area contributed by atoms with Gasteiger partial charge in [0.05, 0.1) is 0 Å². The van der Waals surface area contributed by atoms with E-state index in [1.165, 1.54) is 44.1 Å². The van der Waals surface area contributed by atoms with E-state index >= 15 is 0 Å². The molecule has 0 fully saturated rings. The third kappa shape index (κ3) is 3.17. The van der Waals surface area contributed by atoms with E-state index in [1.54, 1.807) is 0 Å².